The Hall–Kier alpha value is 1.65. The quantitative estimate of drug-likeness (QED) is 0.114. The molecule has 0 saturated carbocycles. The second-order valence-electron chi connectivity index (χ2n) is 9.74. The van der Waals surface area contributed by atoms with Crippen molar-refractivity contribution in [1.82, 2.24) is 0 Å². The molecular formula is C24H56O4SiSn2. The summed E-state index contributed by atoms with van der Waals surface area (Å²) in [5.41, 5.74) is 0. The standard InChI is InChI=1S/6C4H9.H2O4Si.2Sn/c6*1-3-4-2;1-5(2,3)4;;/h6*1,3-4H2,2H3;1-2H;;/q;;;;;;-2;2*+1. The number of hydrogen-bond donors (Lipinski definition) is 2. The first-order valence-corrected chi connectivity index (χ1v) is 29.8. The zero-order chi connectivity index (χ0) is 23.6. The summed E-state index contributed by atoms with van der Waals surface area (Å²) in [6.45, 7) is 13.4. The Balaban J connectivity index is 5.75. The second kappa shape index (κ2) is 18.9. The van der Waals surface area contributed by atoms with E-state index >= 15 is 0 Å². The number of rotatable bonds is 22. The molecule has 188 valence electrons. The molecule has 0 bridgehead atoms. The molecule has 31 heavy (non-hydrogen) atoms. The van der Waals surface area contributed by atoms with Gasteiger partial charge in [0.2, 0.25) is 0 Å². The molecule has 0 amide bonds. The fourth-order valence-electron chi connectivity index (χ4n) is 4.63. The van der Waals surface area contributed by atoms with Crippen LogP contribution in [0, 0.1) is 0 Å². The van der Waals surface area contributed by atoms with E-state index in [0.29, 0.717) is 0 Å². The third kappa shape index (κ3) is 14.6. The summed E-state index contributed by atoms with van der Waals surface area (Å²) in [6.07, 6.45) is 13.9. The van der Waals surface area contributed by atoms with Gasteiger partial charge < -0.3 is 0 Å². The van der Waals surface area contributed by atoms with Crippen LogP contribution in [0.3, 0.4) is 0 Å². The van der Waals surface area contributed by atoms with Gasteiger partial charge in [0.05, 0.1) is 0 Å². The summed E-state index contributed by atoms with van der Waals surface area (Å²) < 4.78 is 19.9. The zero-order valence-corrected chi connectivity index (χ0v) is 28.6. The van der Waals surface area contributed by atoms with Gasteiger partial charge in [0.1, 0.15) is 0 Å². The summed E-state index contributed by atoms with van der Waals surface area (Å²) in [5, 5.41) is 0. The van der Waals surface area contributed by atoms with Gasteiger partial charge in [0.25, 0.3) is 0 Å². The summed E-state index contributed by atoms with van der Waals surface area (Å²) in [5.74, 6) is 0. The molecule has 0 aliphatic rings. The molecule has 0 aromatic heterocycles. The molecule has 0 radical (unpaired) electrons. The van der Waals surface area contributed by atoms with E-state index in [9.17, 15) is 9.59 Å². The van der Waals surface area contributed by atoms with Crippen molar-refractivity contribution in [2.24, 2.45) is 0 Å². The van der Waals surface area contributed by atoms with Crippen LogP contribution >= 0.6 is 0 Å². The molecule has 0 unspecified atom stereocenters. The Morgan fingerprint density at radius 2 is 0.645 bits per heavy atom. The van der Waals surface area contributed by atoms with Gasteiger partial charge in [0, 0.05) is 0 Å². The molecule has 0 aromatic carbocycles. The fourth-order valence-corrected chi connectivity index (χ4v) is 45.4. The van der Waals surface area contributed by atoms with Crippen molar-refractivity contribution in [1.29, 1.82) is 0 Å². The molecule has 0 fully saturated rings. The molecule has 0 atom stereocenters. The van der Waals surface area contributed by atoms with Crippen LogP contribution in [0.2, 0.25) is 26.6 Å². The Kier molecular flexibility index (Phi) is 19.9. The summed E-state index contributed by atoms with van der Waals surface area (Å²) in [7, 11) is -4.09. The van der Waals surface area contributed by atoms with Crippen LogP contribution in [0.15, 0.2) is 0 Å². The average molecular weight is 674 g/mol. The molecule has 0 aromatic rings. The van der Waals surface area contributed by atoms with Crippen molar-refractivity contribution in [3.63, 3.8) is 0 Å². The number of unbranched alkanes of at least 4 members (excludes halogenated alkanes) is 6. The summed E-state index contributed by atoms with van der Waals surface area (Å²) in [4.78, 5) is 22.7. The van der Waals surface area contributed by atoms with Crippen LogP contribution < -0.4 is 0 Å². The van der Waals surface area contributed by atoms with Gasteiger partial charge in [-0.1, -0.05) is 0 Å². The summed E-state index contributed by atoms with van der Waals surface area (Å²) >= 11 is -6.26. The second-order valence-corrected chi connectivity index (χ2v) is 36.8. The van der Waals surface area contributed by atoms with Gasteiger partial charge in [-0.15, -0.1) is 0 Å². The zero-order valence-electron chi connectivity index (χ0n) is 21.9. The molecule has 0 aliphatic carbocycles. The van der Waals surface area contributed by atoms with Crippen LogP contribution in [-0.4, -0.2) is 56.2 Å². The SMILES string of the molecule is CCC[CH2][Sn]([CH2]CCC)([CH2]CCC)[O][Si](O)(O)[O][Sn]([CH2]CCC)([CH2]CCC)[CH2]CCC. The van der Waals surface area contributed by atoms with Crippen molar-refractivity contribution in [3.8, 4) is 0 Å². The molecular weight excluding hydrogens is 618 g/mol. The van der Waals surface area contributed by atoms with E-state index < -0.39 is 46.6 Å². The molecule has 4 nitrogen and oxygen atoms in total. The van der Waals surface area contributed by atoms with Crippen LogP contribution in [0.25, 0.3) is 0 Å². The van der Waals surface area contributed by atoms with Gasteiger partial charge in [-0.3, -0.25) is 0 Å². The molecule has 0 spiro atoms. The Morgan fingerprint density at radius 1 is 0.452 bits per heavy atom. The maximum absolute atomic E-state index is 11.3. The predicted octanol–water partition coefficient (Wildman–Crippen LogP) is 8.13. The van der Waals surface area contributed by atoms with Crippen LogP contribution in [-0.2, 0) is 5.53 Å². The molecule has 0 heterocycles. The maximum atomic E-state index is 11.3. The Labute approximate surface area is 205 Å². The van der Waals surface area contributed by atoms with Crippen molar-refractivity contribution < 1.29 is 15.1 Å². The molecule has 0 aliphatic heterocycles. The van der Waals surface area contributed by atoms with Gasteiger partial charge in [0.15, 0.2) is 0 Å². The third-order valence-electron chi connectivity index (χ3n) is 6.61. The fraction of sp³-hybridized carbons (Fsp3) is 1.00. The normalized spacial score (nSPS) is 13.2. The molecule has 0 saturated heterocycles. The summed E-state index contributed by atoms with van der Waals surface area (Å²) in [6, 6.07) is 0. The Bertz CT molecular complexity index is 345. The van der Waals surface area contributed by atoms with Crippen LogP contribution in [0.5, 0.6) is 0 Å². The van der Waals surface area contributed by atoms with E-state index in [2.05, 4.69) is 41.5 Å². The molecule has 0 rings (SSSR count). The van der Waals surface area contributed by atoms with Crippen molar-refractivity contribution in [2.45, 2.75) is 145 Å². The van der Waals surface area contributed by atoms with Gasteiger partial charge in [-0.2, -0.15) is 0 Å². The van der Waals surface area contributed by atoms with Crippen molar-refractivity contribution in [2.75, 3.05) is 0 Å². The Morgan fingerprint density at radius 3 is 0.806 bits per heavy atom. The van der Waals surface area contributed by atoms with E-state index in [-0.39, 0.29) is 0 Å². The third-order valence-corrected chi connectivity index (χ3v) is 41.6. The van der Waals surface area contributed by atoms with Crippen molar-refractivity contribution in [3.05, 3.63) is 0 Å². The van der Waals surface area contributed by atoms with E-state index in [4.69, 9.17) is 5.53 Å². The van der Waals surface area contributed by atoms with Crippen LogP contribution in [0.1, 0.15) is 119 Å². The minimum absolute atomic E-state index is 1.12. The molecule has 7 heteroatoms. The van der Waals surface area contributed by atoms with E-state index in [0.717, 1.165) is 104 Å². The predicted molar refractivity (Wildman–Crippen MR) is 142 cm³/mol. The van der Waals surface area contributed by atoms with Crippen LogP contribution in [0.4, 0.5) is 0 Å². The number of hydrogen-bond acceptors (Lipinski definition) is 4. The average Bonchev–Trinajstić information content (AvgIpc) is 2.75. The van der Waals surface area contributed by atoms with E-state index in [1.807, 2.05) is 0 Å². The monoisotopic (exact) mass is 676 g/mol. The molecule has 2 N–H and O–H groups in total. The minimum atomic E-state index is -4.09. The van der Waals surface area contributed by atoms with Gasteiger partial charge in [-0.05, 0) is 0 Å². The topological polar surface area (TPSA) is 58.9 Å². The van der Waals surface area contributed by atoms with Crippen molar-refractivity contribution >= 4 is 46.6 Å². The van der Waals surface area contributed by atoms with E-state index in [1.165, 1.54) is 0 Å². The van der Waals surface area contributed by atoms with Gasteiger partial charge >= 0.3 is 207 Å². The first-order chi connectivity index (χ1) is 14.8. The van der Waals surface area contributed by atoms with Gasteiger partial charge in [-0.25, -0.2) is 0 Å². The first-order valence-electron chi connectivity index (χ1n) is 13.6. The van der Waals surface area contributed by atoms with E-state index in [1.54, 1.807) is 0 Å². The first kappa shape index (κ1) is 32.7.